The summed E-state index contributed by atoms with van der Waals surface area (Å²) in [5.74, 6) is -0.187. The standard InChI is InChI=1S/C20H17ClF2N4O2S/c1-2-9-27-18(11-29-15-7-8-17(23)16(21)10-15)25-26-20(27)30-12-19(28)24-14-5-3-13(22)4-6-14/h2-8,10H,1,9,11-12H2,(H,24,28). The van der Waals surface area contributed by atoms with Crippen LogP contribution in [0.5, 0.6) is 5.75 Å². The third-order valence-electron chi connectivity index (χ3n) is 3.82. The average Bonchev–Trinajstić information content (AvgIpc) is 3.11. The van der Waals surface area contributed by atoms with E-state index in [2.05, 4.69) is 22.1 Å². The summed E-state index contributed by atoms with van der Waals surface area (Å²) in [6.07, 6.45) is 1.67. The third-order valence-corrected chi connectivity index (χ3v) is 5.08. The topological polar surface area (TPSA) is 69.0 Å². The molecule has 0 spiro atoms. The predicted octanol–water partition coefficient (Wildman–Crippen LogP) is 4.71. The van der Waals surface area contributed by atoms with Gasteiger partial charge in [0.1, 0.15) is 24.0 Å². The van der Waals surface area contributed by atoms with Crippen LogP contribution in [0.15, 0.2) is 60.3 Å². The normalized spacial score (nSPS) is 10.6. The van der Waals surface area contributed by atoms with Crippen molar-refractivity contribution in [3.8, 4) is 5.75 Å². The Morgan fingerprint density at radius 2 is 2.00 bits per heavy atom. The number of amides is 1. The number of hydrogen-bond donors (Lipinski definition) is 1. The smallest absolute Gasteiger partial charge is 0.234 e. The van der Waals surface area contributed by atoms with E-state index in [-0.39, 0.29) is 29.1 Å². The van der Waals surface area contributed by atoms with E-state index >= 15 is 0 Å². The molecule has 1 amide bonds. The van der Waals surface area contributed by atoms with Crippen LogP contribution in [0, 0.1) is 11.6 Å². The molecule has 2 aromatic carbocycles. The highest BCUT2D eigenvalue weighted by Gasteiger charge is 2.14. The largest absolute Gasteiger partial charge is 0.486 e. The molecule has 0 aliphatic carbocycles. The Kier molecular flexibility index (Phi) is 7.42. The molecular weight excluding hydrogens is 434 g/mol. The summed E-state index contributed by atoms with van der Waals surface area (Å²) < 4.78 is 33.6. The molecule has 0 saturated carbocycles. The molecule has 30 heavy (non-hydrogen) atoms. The maximum atomic E-state index is 13.3. The third kappa shape index (κ3) is 5.80. The summed E-state index contributed by atoms with van der Waals surface area (Å²) >= 11 is 6.95. The van der Waals surface area contributed by atoms with Crippen LogP contribution in [0.4, 0.5) is 14.5 Å². The van der Waals surface area contributed by atoms with Crippen molar-refractivity contribution in [2.75, 3.05) is 11.1 Å². The quantitative estimate of drug-likeness (QED) is 0.378. The fraction of sp³-hybridized carbons (Fsp3) is 0.150. The van der Waals surface area contributed by atoms with E-state index in [1.807, 2.05) is 0 Å². The first-order valence-corrected chi connectivity index (χ1v) is 10.1. The highest BCUT2D eigenvalue weighted by molar-refractivity contribution is 7.99. The van der Waals surface area contributed by atoms with E-state index < -0.39 is 5.82 Å². The van der Waals surface area contributed by atoms with Crippen molar-refractivity contribution in [1.29, 1.82) is 0 Å². The van der Waals surface area contributed by atoms with Crippen LogP contribution in [-0.2, 0) is 17.9 Å². The van der Waals surface area contributed by atoms with Crippen LogP contribution < -0.4 is 10.1 Å². The average molecular weight is 451 g/mol. The van der Waals surface area contributed by atoms with E-state index in [0.29, 0.717) is 29.0 Å². The predicted molar refractivity (Wildman–Crippen MR) is 112 cm³/mol. The number of halogens is 3. The van der Waals surface area contributed by atoms with Crippen molar-refractivity contribution in [3.63, 3.8) is 0 Å². The van der Waals surface area contributed by atoms with Gasteiger partial charge in [-0.15, -0.1) is 16.8 Å². The Bertz CT molecular complexity index is 1040. The van der Waals surface area contributed by atoms with Crippen LogP contribution in [-0.4, -0.2) is 26.4 Å². The first-order valence-electron chi connectivity index (χ1n) is 8.75. The van der Waals surface area contributed by atoms with Crippen LogP contribution in [0.1, 0.15) is 5.82 Å². The maximum absolute atomic E-state index is 13.3. The number of nitrogens with zero attached hydrogens (tertiary/aromatic N) is 3. The van der Waals surface area contributed by atoms with Gasteiger partial charge in [-0.05, 0) is 36.4 Å². The van der Waals surface area contributed by atoms with Gasteiger partial charge in [-0.25, -0.2) is 8.78 Å². The van der Waals surface area contributed by atoms with Crippen LogP contribution in [0.25, 0.3) is 0 Å². The lowest BCUT2D eigenvalue weighted by Gasteiger charge is -2.10. The molecule has 1 heterocycles. The van der Waals surface area contributed by atoms with Crippen molar-refractivity contribution < 1.29 is 18.3 Å². The number of thioether (sulfide) groups is 1. The second-order valence-corrected chi connectivity index (χ2v) is 7.36. The fourth-order valence-electron chi connectivity index (χ4n) is 2.42. The van der Waals surface area contributed by atoms with Crippen molar-refractivity contribution in [2.45, 2.75) is 18.3 Å². The van der Waals surface area contributed by atoms with Gasteiger partial charge in [0.05, 0.1) is 10.8 Å². The van der Waals surface area contributed by atoms with E-state index in [1.54, 1.807) is 10.6 Å². The van der Waals surface area contributed by atoms with Gasteiger partial charge in [-0.1, -0.05) is 29.4 Å². The molecule has 3 rings (SSSR count). The number of rotatable bonds is 9. The Hall–Kier alpha value is -2.91. The zero-order valence-electron chi connectivity index (χ0n) is 15.6. The number of carbonyl (C=O) groups excluding carboxylic acids is 1. The van der Waals surface area contributed by atoms with Gasteiger partial charge in [-0.3, -0.25) is 9.36 Å². The summed E-state index contributed by atoms with van der Waals surface area (Å²) in [5.41, 5.74) is 0.501. The molecule has 3 aromatic rings. The Labute approximate surface area is 180 Å². The zero-order chi connectivity index (χ0) is 21.5. The highest BCUT2D eigenvalue weighted by atomic mass is 35.5. The van der Waals surface area contributed by atoms with E-state index in [1.165, 1.54) is 54.2 Å². The molecule has 0 atom stereocenters. The Morgan fingerprint density at radius 1 is 1.23 bits per heavy atom. The number of carbonyl (C=O) groups is 1. The van der Waals surface area contributed by atoms with Crippen molar-refractivity contribution in [3.05, 3.63) is 77.6 Å². The van der Waals surface area contributed by atoms with Gasteiger partial charge in [0.15, 0.2) is 11.0 Å². The lowest BCUT2D eigenvalue weighted by atomic mass is 10.3. The number of nitrogens with one attached hydrogen (secondary N) is 1. The summed E-state index contributed by atoms with van der Waals surface area (Å²) in [6, 6.07) is 9.55. The molecule has 0 aliphatic heterocycles. The minimum atomic E-state index is -0.531. The number of ether oxygens (including phenoxy) is 1. The summed E-state index contributed by atoms with van der Waals surface area (Å²) in [5, 5.41) is 11.4. The van der Waals surface area contributed by atoms with Crippen LogP contribution >= 0.6 is 23.4 Å². The fourth-order valence-corrected chi connectivity index (χ4v) is 3.36. The molecule has 1 aromatic heterocycles. The molecule has 0 saturated heterocycles. The summed E-state index contributed by atoms with van der Waals surface area (Å²) in [4.78, 5) is 12.1. The maximum Gasteiger partial charge on any atom is 0.234 e. The second-order valence-electron chi connectivity index (χ2n) is 6.01. The van der Waals surface area contributed by atoms with Gasteiger partial charge in [0.2, 0.25) is 5.91 Å². The van der Waals surface area contributed by atoms with E-state index in [4.69, 9.17) is 16.3 Å². The number of aromatic nitrogens is 3. The summed E-state index contributed by atoms with van der Waals surface area (Å²) in [6.45, 7) is 4.21. The highest BCUT2D eigenvalue weighted by Crippen LogP contribution is 2.23. The minimum absolute atomic E-state index is 0.0385. The van der Waals surface area contributed by atoms with Gasteiger partial charge in [-0.2, -0.15) is 0 Å². The molecule has 6 nitrogen and oxygen atoms in total. The Balaban J connectivity index is 1.61. The lowest BCUT2D eigenvalue weighted by molar-refractivity contribution is -0.113. The molecule has 0 bridgehead atoms. The molecule has 156 valence electrons. The van der Waals surface area contributed by atoms with Crippen LogP contribution in [0.2, 0.25) is 5.02 Å². The van der Waals surface area contributed by atoms with Crippen molar-refractivity contribution in [2.24, 2.45) is 0 Å². The first kappa shape index (κ1) is 21.8. The molecule has 0 radical (unpaired) electrons. The molecule has 1 N–H and O–H groups in total. The Morgan fingerprint density at radius 3 is 2.70 bits per heavy atom. The van der Waals surface area contributed by atoms with Crippen molar-refractivity contribution in [1.82, 2.24) is 14.8 Å². The monoisotopic (exact) mass is 450 g/mol. The number of allylic oxidation sites excluding steroid dienone is 1. The minimum Gasteiger partial charge on any atom is -0.486 e. The van der Waals surface area contributed by atoms with Gasteiger partial charge in [0, 0.05) is 18.3 Å². The SMILES string of the molecule is C=CCn1c(COc2ccc(F)c(Cl)c2)nnc1SCC(=O)Nc1ccc(F)cc1. The van der Waals surface area contributed by atoms with Gasteiger partial charge >= 0.3 is 0 Å². The molecule has 0 unspecified atom stereocenters. The van der Waals surface area contributed by atoms with E-state index in [9.17, 15) is 13.6 Å². The molecule has 10 heteroatoms. The summed E-state index contributed by atoms with van der Waals surface area (Å²) in [7, 11) is 0. The first-order chi connectivity index (χ1) is 14.5. The van der Waals surface area contributed by atoms with E-state index in [0.717, 1.165) is 0 Å². The van der Waals surface area contributed by atoms with Crippen LogP contribution in [0.3, 0.4) is 0 Å². The second kappa shape index (κ2) is 10.2. The lowest BCUT2D eigenvalue weighted by Crippen LogP contribution is -2.15. The van der Waals surface area contributed by atoms with Gasteiger partial charge < -0.3 is 10.1 Å². The number of hydrogen-bond acceptors (Lipinski definition) is 5. The molecule has 0 aliphatic rings. The molecular formula is C20H17ClF2N4O2S. The van der Waals surface area contributed by atoms with Gasteiger partial charge in [0.25, 0.3) is 0 Å². The zero-order valence-corrected chi connectivity index (χ0v) is 17.2. The number of anilines is 1. The van der Waals surface area contributed by atoms with Crippen molar-refractivity contribution >= 4 is 35.0 Å². The molecule has 0 fully saturated rings. The number of benzene rings is 2.